The van der Waals surface area contributed by atoms with Gasteiger partial charge in [-0.15, -0.1) is 0 Å². The van der Waals surface area contributed by atoms with Crippen LogP contribution in [0.5, 0.6) is 0 Å². The second-order valence-electron chi connectivity index (χ2n) is 5.65. The van der Waals surface area contributed by atoms with E-state index in [0.29, 0.717) is 26.1 Å². The first kappa shape index (κ1) is 15.8. The molecule has 0 aromatic carbocycles. The van der Waals surface area contributed by atoms with Gasteiger partial charge in [-0.1, -0.05) is 6.92 Å². The van der Waals surface area contributed by atoms with Crippen LogP contribution in [0.25, 0.3) is 0 Å². The summed E-state index contributed by atoms with van der Waals surface area (Å²) >= 11 is 0. The number of carbonyl (C=O) groups excluding carboxylic acids is 3. The van der Waals surface area contributed by atoms with Crippen LogP contribution in [0.1, 0.15) is 32.6 Å². The van der Waals surface area contributed by atoms with Crippen molar-refractivity contribution in [3.8, 4) is 0 Å². The van der Waals surface area contributed by atoms with Crippen LogP contribution in [0.3, 0.4) is 0 Å². The molecule has 0 radical (unpaired) electrons. The minimum atomic E-state index is -0.325. The maximum absolute atomic E-state index is 12.3. The van der Waals surface area contributed by atoms with Gasteiger partial charge in [0.25, 0.3) is 0 Å². The minimum Gasteiger partial charge on any atom is -0.353 e. The van der Waals surface area contributed by atoms with Crippen molar-refractivity contribution < 1.29 is 14.4 Å². The van der Waals surface area contributed by atoms with Crippen molar-refractivity contribution in [3.05, 3.63) is 0 Å². The minimum absolute atomic E-state index is 0.0355. The highest BCUT2D eigenvalue weighted by molar-refractivity contribution is 5.86. The second-order valence-corrected chi connectivity index (χ2v) is 5.65. The average Bonchev–Trinajstić information content (AvgIpc) is 2.48. The summed E-state index contributed by atoms with van der Waals surface area (Å²) in [7, 11) is 0. The third-order valence-electron chi connectivity index (χ3n) is 3.96. The van der Waals surface area contributed by atoms with Gasteiger partial charge in [0.15, 0.2) is 0 Å². The fourth-order valence-electron chi connectivity index (χ4n) is 2.73. The SMILES string of the molecule is CCCC(=O)NC1CCN(C(=O)C2CNC(=O)CN2)CC1. The van der Waals surface area contributed by atoms with Crippen LogP contribution in [0, 0.1) is 0 Å². The smallest absolute Gasteiger partial charge is 0.241 e. The lowest BCUT2D eigenvalue weighted by molar-refractivity contribution is -0.136. The maximum Gasteiger partial charge on any atom is 0.241 e. The zero-order valence-electron chi connectivity index (χ0n) is 12.5. The number of hydrogen-bond acceptors (Lipinski definition) is 4. The summed E-state index contributed by atoms with van der Waals surface area (Å²) in [6.45, 7) is 3.84. The lowest BCUT2D eigenvalue weighted by atomic mass is 10.0. The van der Waals surface area contributed by atoms with Crippen LogP contribution in [0.4, 0.5) is 0 Å². The van der Waals surface area contributed by atoms with E-state index in [-0.39, 0.29) is 36.3 Å². The Kier molecular flexibility index (Phi) is 5.55. The molecule has 2 aliphatic rings. The van der Waals surface area contributed by atoms with Gasteiger partial charge in [0.2, 0.25) is 17.7 Å². The number of piperidine rings is 1. The Morgan fingerprint density at radius 2 is 2.05 bits per heavy atom. The van der Waals surface area contributed by atoms with E-state index in [9.17, 15) is 14.4 Å². The third kappa shape index (κ3) is 4.42. The van der Waals surface area contributed by atoms with Gasteiger partial charge in [-0.2, -0.15) is 0 Å². The molecule has 7 nitrogen and oxygen atoms in total. The standard InChI is InChI=1S/C14H24N4O3/c1-2-3-12(19)17-10-4-6-18(7-5-10)14(21)11-8-16-13(20)9-15-11/h10-11,15H,2-9H2,1H3,(H,16,20)(H,17,19). The summed E-state index contributed by atoms with van der Waals surface area (Å²) < 4.78 is 0. The predicted molar refractivity (Wildman–Crippen MR) is 77.5 cm³/mol. The first-order valence-electron chi connectivity index (χ1n) is 7.68. The number of hydrogen-bond donors (Lipinski definition) is 3. The van der Waals surface area contributed by atoms with Crippen LogP contribution in [-0.4, -0.2) is 60.9 Å². The Morgan fingerprint density at radius 1 is 1.33 bits per heavy atom. The molecular formula is C14H24N4O3. The molecule has 0 aromatic heterocycles. The number of likely N-dealkylation sites (tertiary alicyclic amines) is 1. The van der Waals surface area contributed by atoms with Crippen LogP contribution in [0.2, 0.25) is 0 Å². The number of carbonyl (C=O) groups is 3. The third-order valence-corrected chi connectivity index (χ3v) is 3.96. The molecular weight excluding hydrogens is 272 g/mol. The summed E-state index contributed by atoms with van der Waals surface area (Å²) in [6, 6.07) is -0.152. The highest BCUT2D eigenvalue weighted by Crippen LogP contribution is 2.12. The van der Waals surface area contributed by atoms with Crippen molar-refractivity contribution in [1.29, 1.82) is 0 Å². The molecule has 3 N–H and O–H groups in total. The molecule has 0 aliphatic carbocycles. The Hall–Kier alpha value is -1.63. The van der Waals surface area contributed by atoms with Crippen molar-refractivity contribution in [2.75, 3.05) is 26.2 Å². The van der Waals surface area contributed by atoms with Crippen molar-refractivity contribution in [2.24, 2.45) is 0 Å². The Bertz CT molecular complexity index is 395. The number of amides is 3. The molecule has 7 heteroatoms. The van der Waals surface area contributed by atoms with Crippen LogP contribution < -0.4 is 16.0 Å². The Morgan fingerprint density at radius 3 is 2.62 bits per heavy atom. The highest BCUT2D eigenvalue weighted by Gasteiger charge is 2.30. The van der Waals surface area contributed by atoms with E-state index >= 15 is 0 Å². The molecule has 3 amide bonds. The lowest BCUT2D eigenvalue weighted by Gasteiger charge is -2.35. The summed E-state index contributed by atoms with van der Waals surface area (Å²) in [5.41, 5.74) is 0. The molecule has 2 aliphatic heterocycles. The van der Waals surface area contributed by atoms with Gasteiger partial charge in [0, 0.05) is 32.1 Å². The molecule has 2 saturated heterocycles. The van der Waals surface area contributed by atoms with E-state index < -0.39 is 0 Å². The van der Waals surface area contributed by atoms with Crippen molar-refractivity contribution in [3.63, 3.8) is 0 Å². The van der Waals surface area contributed by atoms with E-state index in [2.05, 4.69) is 16.0 Å². The maximum atomic E-state index is 12.3. The fourth-order valence-corrected chi connectivity index (χ4v) is 2.73. The van der Waals surface area contributed by atoms with E-state index in [4.69, 9.17) is 0 Å². The van der Waals surface area contributed by atoms with Crippen LogP contribution in [0.15, 0.2) is 0 Å². The Labute approximate surface area is 124 Å². The summed E-state index contributed by atoms with van der Waals surface area (Å²) in [5.74, 6) is 0.0589. The molecule has 1 atom stereocenters. The molecule has 2 fully saturated rings. The Balaban J connectivity index is 1.74. The number of nitrogens with one attached hydrogen (secondary N) is 3. The van der Waals surface area contributed by atoms with Crippen LogP contribution in [-0.2, 0) is 14.4 Å². The molecule has 21 heavy (non-hydrogen) atoms. The van der Waals surface area contributed by atoms with E-state index in [0.717, 1.165) is 19.3 Å². The van der Waals surface area contributed by atoms with Gasteiger partial charge in [0.05, 0.1) is 6.54 Å². The largest absolute Gasteiger partial charge is 0.353 e. The number of piperazine rings is 1. The highest BCUT2D eigenvalue weighted by atomic mass is 16.2. The first-order valence-corrected chi connectivity index (χ1v) is 7.68. The molecule has 2 heterocycles. The zero-order valence-corrected chi connectivity index (χ0v) is 12.5. The van der Waals surface area contributed by atoms with E-state index in [1.807, 2.05) is 11.8 Å². The van der Waals surface area contributed by atoms with Crippen molar-refractivity contribution in [2.45, 2.75) is 44.7 Å². The molecule has 2 rings (SSSR count). The van der Waals surface area contributed by atoms with E-state index in [1.54, 1.807) is 0 Å². The van der Waals surface area contributed by atoms with Gasteiger partial charge >= 0.3 is 0 Å². The van der Waals surface area contributed by atoms with Gasteiger partial charge in [-0.25, -0.2) is 0 Å². The quantitative estimate of drug-likeness (QED) is 0.619. The molecule has 0 bridgehead atoms. The van der Waals surface area contributed by atoms with Gasteiger partial charge < -0.3 is 15.5 Å². The summed E-state index contributed by atoms with van der Waals surface area (Å²) in [4.78, 5) is 36.8. The van der Waals surface area contributed by atoms with Gasteiger partial charge in [-0.3, -0.25) is 19.7 Å². The van der Waals surface area contributed by atoms with Crippen LogP contribution >= 0.6 is 0 Å². The number of nitrogens with zero attached hydrogens (tertiary/aromatic N) is 1. The molecule has 0 saturated carbocycles. The summed E-state index contributed by atoms with van der Waals surface area (Å²) in [6.07, 6.45) is 2.99. The van der Waals surface area contributed by atoms with Crippen molar-refractivity contribution >= 4 is 17.7 Å². The fraction of sp³-hybridized carbons (Fsp3) is 0.786. The predicted octanol–water partition coefficient (Wildman–Crippen LogP) is -1.02. The number of rotatable bonds is 4. The lowest BCUT2D eigenvalue weighted by Crippen LogP contribution is -2.60. The van der Waals surface area contributed by atoms with Crippen molar-refractivity contribution in [1.82, 2.24) is 20.9 Å². The molecule has 0 spiro atoms. The topological polar surface area (TPSA) is 90.5 Å². The van der Waals surface area contributed by atoms with Gasteiger partial charge in [-0.05, 0) is 19.3 Å². The average molecular weight is 296 g/mol. The molecule has 0 aromatic rings. The normalized spacial score (nSPS) is 23.6. The molecule has 1 unspecified atom stereocenters. The second kappa shape index (κ2) is 7.40. The first-order chi connectivity index (χ1) is 10.1. The molecule has 118 valence electrons. The van der Waals surface area contributed by atoms with E-state index in [1.165, 1.54) is 0 Å². The summed E-state index contributed by atoms with van der Waals surface area (Å²) in [5, 5.41) is 8.66. The zero-order chi connectivity index (χ0) is 15.2. The monoisotopic (exact) mass is 296 g/mol. The van der Waals surface area contributed by atoms with Gasteiger partial charge in [0.1, 0.15) is 6.04 Å².